The summed E-state index contributed by atoms with van der Waals surface area (Å²) in [6.45, 7) is 0.162. The Morgan fingerprint density at radius 2 is 2.33 bits per heavy atom. The zero-order valence-corrected chi connectivity index (χ0v) is 14.2. The van der Waals surface area contributed by atoms with Gasteiger partial charge in [-0.1, -0.05) is 0 Å². The lowest BCUT2D eigenvalue weighted by atomic mass is 10.4. The van der Waals surface area contributed by atoms with Crippen molar-refractivity contribution in [3.05, 3.63) is 33.8 Å². The number of fused-ring (bicyclic) bond motifs is 1. The second kappa shape index (κ2) is 6.32. The Balaban J connectivity index is 1.74. The molecule has 0 fully saturated rings. The Morgan fingerprint density at radius 1 is 1.54 bits per heavy atom. The largest absolute Gasteiger partial charge is 0.478 e. The van der Waals surface area contributed by atoms with Crippen molar-refractivity contribution in [2.75, 3.05) is 19.5 Å². The van der Waals surface area contributed by atoms with Crippen LogP contribution in [0.1, 0.15) is 5.82 Å². The quantitative estimate of drug-likeness (QED) is 0.741. The zero-order chi connectivity index (χ0) is 17.3. The van der Waals surface area contributed by atoms with E-state index in [1.54, 1.807) is 26.4 Å². The fraction of sp³-hybridized carbons (Fsp3) is 0.286. The standard InChI is InChI=1S/C14H16N6O3S/c1-19(14(22)16-9-6-20(2)18-13(9)23-3)7-10-15-8-4-5-24-11(8)12(21)17-10/h4-6H,7H2,1-3H3,(H,16,22)(H,15,17,21). The van der Waals surface area contributed by atoms with E-state index >= 15 is 0 Å². The number of nitrogens with one attached hydrogen (secondary N) is 2. The van der Waals surface area contributed by atoms with Crippen molar-refractivity contribution in [1.82, 2.24) is 24.6 Å². The van der Waals surface area contributed by atoms with Gasteiger partial charge < -0.3 is 19.9 Å². The minimum atomic E-state index is -0.366. The second-order valence-electron chi connectivity index (χ2n) is 5.16. The lowest BCUT2D eigenvalue weighted by Gasteiger charge is -2.17. The Morgan fingerprint density at radius 3 is 3.08 bits per heavy atom. The molecule has 0 saturated carbocycles. The van der Waals surface area contributed by atoms with E-state index in [1.165, 1.54) is 28.0 Å². The number of methoxy groups -OCH3 is 1. The molecule has 2 amide bonds. The van der Waals surface area contributed by atoms with Crippen LogP contribution in [-0.2, 0) is 13.6 Å². The molecule has 0 saturated heterocycles. The predicted octanol–water partition coefficient (Wildman–Crippen LogP) is 1.39. The molecule has 10 heteroatoms. The first-order valence-electron chi connectivity index (χ1n) is 7.04. The van der Waals surface area contributed by atoms with Gasteiger partial charge in [0.25, 0.3) is 11.4 Å². The number of anilines is 1. The molecule has 3 aromatic rings. The number of aryl methyl sites for hydroxylation is 1. The summed E-state index contributed by atoms with van der Waals surface area (Å²) < 4.78 is 7.21. The normalized spacial score (nSPS) is 10.8. The molecule has 3 aromatic heterocycles. The van der Waals surface area contributed by atoms with E-state index in [1.807, 2.05) is 5.38 Å². The van der Waals surface area contributed by atoms with Crippen LogP contribution >= 0.6 is 11.3 Å². The first kappa shape index (κ1) is 16.0. The molecule has 3 rings (SSSR count). The summed E-state index contributed by atoms with van der Waals surface area (Å²) in [5.41, 5.74) is 0.890. The number of amides is 2. The summed E-state index contributed by atoms with van der Waals surface area (Å²) in [5.74, 6) is 0.743. The van der Waals surface area contributed by atoms with E-state index in [0.29, 0.717) is 27.6 Å². The van der Waals surface area contributed by atoms with Crippen LogP contribution in [0.5, 0.6) is 5.88 Å². The fourth-order valence-electron chi connectivity index (χ4n) is 2.21. The van der Waals surface area contributed by atoms with Gasteiger partial charge in [-0.25, -0.2) is 9.78 Å². The molecule has 0 atom stereocenters. The molecule has 0 spiro atoms. The zero-order valence-electron chi connectivity index (χ0n) is 13.4. The maximum atomic E-state index is 12.3. The first-order chi connectivity index (χ1) is 11.5. The van der Waals surface area contributed by atoms with Crippen molar-refractivity contribution in [2.24, 2.45) is 7.05 Å². The molecule has 0 bridgehead atoms. The van der Waals surface area contributed by atoms with E-state index < -0.39 is 0 Å². The number of hydrogen-bond donors (Lipinski definition) is 2. The van der Waals surface area contributed by atoms with E-state index in [0.717, 1.165) is 0 Å². The fourth-order valence-corrected chi connectivity index (χ4v) is 2.93. The molecule has 126 valence electrons. The average molecular weight is 348 g/mol. The maximum Gasteiger partial charge on any atom is 0.322 e. The monoisotopic (exact) mass is 348 g/mol. The minimum absolute atomic E-state index is 0.162. The van der Waals surface area contributed by atoms with E-state index in [-0.39, 0.29) is 18.1 Å². The molecule has 0 unspecified atom stereocenters. The smallest absolute Gasteiger partial charge is 0.322 e. The molecular weight excluding hydrogens is 332 g/mol. The SMILES string of the molecule is COc1nn(C)cc1NC(=O)N(C)Cc1nc2ccsc2c(=O)[nH]1. The number of aromatic nitrogens is 4. The maximum absolute atomic E-state index is 12.3. The van der Waals surface area contributed by atoms with E-state index in [4.69, 9.17) is 4.74 Å². The topological polar surface area (TPSA) is 105 Å². The van der Waals surface area contributed by atoms with Crippen molar-refractivity contribution in [2.45, 2.75) is 6.54 Å². The first-order valence-corrected chi connectivity index (χ1v) is 7.92. The highest BCUT2D eigenvalue weighted by Crippen LogP contribution is 2.21. The van der Waals surface area contributed by atoms with Gasteiger partial charge in [-0.15, -0.1) is 16.4 Å². The molecule has 2 N–H and O–H groups in total. The van der Waals surface area contributed by atoms with Crippen LogP contribution in [0, 0.1) is 0 Å². The Hall–Kier alpha value is -2.88. The van der Waals surface area contributed by atoms with Crippen molar-refractivity contribution in [3.8, 4) is 5.88 Å². The third-order valence-corrected chi connectivity index (χ3v) is 4.23. The van der Waals surface area contributed by atoms with Gasteiger partial charge in [0.15, 0.2) is 0 Å². The van der Waals surface area contributed by atoms with Crippen LogP contribution in [0.25, 0.3) is 10.2 Å². The molecular formula is C14H16N6O3S. The number of aromatic amines is 1. The molecule has 24 heavy (non-hydrogen) atoms. The minimum Gasteiger partial charge on any atom is -0.478 e. The number of rotatable bonds is 4. The van der Waals surface area contributed by atoms with Crippen LogP contribution in [0.4, 0.5) is 10.5 Å². The number of carbonyl (C=O) groups is 1. The number of urea groups is 1. The molecule has 9 nitrogen and oxygen atoms in total. The molecule has 0 aliphatic rings. The third-order valence-electron chi connectivity index (χ3n) is 3.33. The van der Waals surface area contributed by atoms with Crippen molar-refractivity contribution >= 4 is 33.3 Å². The molecule has 0 radical (unpaired) electrons. The summed E-state index contributed by atoms with van der Waals surface area (Å²) in [6, 6.07) is 1.41. The molecule has 3 heterocycles. The van der Waals surface area contributed by atoms with Crippen LogP contribution in [0.3, 0.4) is 0 Å². The van der Waals surface area contributed by atoms with Gasteiger partial charge in [0.2, 0.25) is 0 Å². The summed E-state index contributed by atoms with van der Waals surface area (Å²) in [5, 5.41) is 8.59. The third kappa shape index (κ3) is 3.08. The number of ether oxygens (including phenoxy) is 1. The molecule has 0 aliphatic heterocycles. The number of H-pyrrole nitrogens is 1. The lowest BCUT2D eigenvalue weighted by molar-refractivity contribution is 0.219. The predicted molar refractivity (Wildman–Crippen MR) is 90.5 cm³/mol. The van der Waals surface area contributed by atoms with Gasteiger partial charge in [-0.2, -0.15) is 0 Å². The Kier molecular flexibility index (Phi) is 4.21. The molecule has 0 aliphatic carbocycles. The number of nitrogens with zero attached hydrogens (tertiary/aromatic N) is 4. The van der Waals surface area contributed by atoms with Crippen molar-refractivity contribution in [3.63, 3.8) is 0 Å². The van der Waals surface area contributed by atoms with Gasteiger partial charge >= 0.3 is 6.03 Å². The Bertz CT molecular complexity index is 944. The highest BCUT2D eigenvalue weighted by molar-refractivity contribution is 7.17. The lowest BCUT2D eigenvalue weighted by Crippen LogP contribution is -2.32. The van der Waals surface area contributed by atoms with Crippen LogP contribution in [0.15, 0.2) is 22.4 Å². The van der Waals surface area contributed by atoms with Crippen molar-refractivity contribution < 1.29 is 9.53 Å². The van der Waals surface area contributed by atoms with Gasteiger partial charge in [-0.05, 0) is 11.4 Å². The van der Waals surface area contributed by atoms with E-state index in [2.05, 4.69) is 20.4 Å². The number of hydrogen-bond acceptors (Lipinski definition) is 6. The van der Waals surface area contributed by atoms with Gasteiger partial charge in [0, 0.05) is 14.1 Å². The summed E-state index contributed by atoms with van der Waals surface area (Å²) in [6.07, 6.45) is 1.64. The van der Waals surface area contributed by atoms with Crippen LogP contribution < -0.4 is 15.6 Å². The molecule has 0 aromatic carbocycles. The van der Waals surface area contributed by atoms with Gasteiger partial charge in [0.1, 0.15) is 16.2 Å². The number of thiophene rings is 1. The highest BCUT2D eigenvalue weighted by atomic mass is 32.1. The Labute approximate surface area is 140 Å². The second-order valence-corrected chi connectivity index (χ2v) is 6.08. The number of carbonyl (C=O) groups excluding carboxylic acids is 1. The van der Waals surface area contributed by atoms with Gasteiger partial charge in [-0.3, -0.25) is 9.48 Å². The van der Waals surface area contributed by atoms with E-state index in [9.17, 15) is 9.59 Å². The summed E-state index contributed by atoms with van der Waals surface area (Å²) in [7, 11) is 4.81. The van der Waals surface area contributed by atoms with Crippen LogP contribution in [-0.4, -0.2) is 44.8 Å². The van der Waals surface area contributed by atoms with Gasteiger partial charge in [0.05, 0.1) is 25.4 Å². The summed E-state index contributed by atoms with van der Waals surface area (Å²) >= 11 is 1.33. The summed E-state index contributed by atoms with van der Waals surface area (Å²) in [4.78, 5) is 32.7. The average Bonchev–Trinajstić information content (AvgIpc) is 3.13. The van der Waals surface area contributed by atoms with Crippen molar-refractivity contribution in [1.29, 1.82) is 0 Å². The van der Waals surface area contributed by atoms with Crippen LogP contribution in [0.2, 0.25) is 0 Å². The highest BCUT2D eigenvalue weighted by Gasteiger charge is 2.16.